The molecule has 0 radical (unpaired) electrons. The van der Waals surface area contributed by atoms with Crippen LogP contribution in [0.15, 0.2) is 29.7 Å². The Morgan fingerprint density at radius 2 is 1.56 bits per heavy atom. The zero-order valence-corrected chi connectivity index (χ0v) is 17.7. The molecule has 0 aliphatic carbocycles. The average molecular weight is 478 g/mol. The predicted molar refractivity (Wildman–Crippen MR) is 111 cm³/mol. The zero-order chi connectivity index (χ0) is 25.3. The van der Waals surface area contributed by atoms with Crippen LogP contribution in [0.2, 0.25) is 0 Å². The second kappa shape index (κ2) is 11.5. The number of ether oxygens (including phenoxy) is 2. The first-order valence-corrected chi connectivity index (χ1v) is 9.01. The van der Waals surface area contributed by atoms with Crippen LogP contribution in [-0.2, 0) is 32.2 Å². The Morgan fingerprint density at radius 3 is 2.15 bits per heavy atom. The summed E-state index contributed by atoms with van der Waals surface area (Å²) in [6, 6.07) is 1.29. The summed E-state index contributed by atoms with van der Waals surface area (Å²) in [5.74, 6) is -2.01. The molecule has 3 aromatic heterocycles. The van der Waals surface area contributed by atoms with Gasteiger partial charge in [-0.25, -0.2) is 29.3 Å². The van der Waals surface area contributed by atoms with Crippen molar-refractivity contribution in [1.82, 2.24) is 29.1 Å². The number of aliphatic carboxylic acids is 2. The summed E-state index contributed by atoms with van der Waals surface area (Å²) < 4.78 is 11.0. The SMILES string of the molecule is COC(=O)Nc1ccn(CC(=O)O)c(=O)n1.COC(=O)Nc1ncnc2c1ncn2CC(=O)O. The molecule has 0 aliphatic rings. The minimum atomic E-state index is -1.16. The number of nitrogens with one attached hydrogen (secondary N) is 2. The van der Waals surface area contributed by atoms with E-state index in [4.69, 9.17) is 10.2 Å². The third kappa shape index (κ3) is 6.97. The highest BCUT2D eigenvalue weighted by Crippen LogP contribution is 2.17. The fourth-order valence-electron chi connectivity index (χ4n) is 2.30. The van der Waals surface area contributed by atoms with E-state index in [1.807, 2.05) is 0 Å². The summed E-state index contributed by atoms with van der Waals surface area (Å²) in [6.07, 6.45) is 2.28. The molecular formula is C17H18N8O9. The Morgan fingerprint density at radius 1 is 0.941 bits per heavy atom. The Balaban J connectivity index is 0.000000242. The monoisotopic (exact) mass is 478 g/mol. The number of carboxylic acid groups (broad SMARTS) is 2. The number of imidazole rings is 1. The van der Waals surface area contributed by atoms with Gasteiger partial charge in [-0.1, -0.05) is 0 Å². The summed E-state index contributed by atoms with van der Waals surface area (Å²) in [5.41, 5.74) is -0.153. The maximum atomic E-state index is 11.2. The molecule has 0 saturated heterocycles. The summed E-state index contributed by atoms with van der Waals surface area (Å²) >= 11 is 0. The van der Waals surface area contributed by atoms with Crippen molar-refractivity contribution >= 4 is 46.9 Å². The fourth-order valence-corrected chi connectivity index (χ4v) is 2.30. The summed E-state index contributed by atoms with van der Waals surface area (Å²) in [6.45, 7) is -0.754. The van der Waals surface area contributed by atoms with Crippen LogP contribution in [-0.4, -0.2) is 77.6 Å². The highest BCUT2D eigenvalue weighted by molar-refractivity contribution is 5.93. The van der Waals surface area contributed by atoms with Gasteiger partial charge in [0.2, 0.25) is 0 Å². The molecule has 180 valence electrons. The van der Waals surface area contributed by atoms with Crippen LogP contribution in [0.1, 0.15) is 0 Å². The lowest BCUT2D eigenvalue weighted by Crippen LogP contribution is -2.27. The number of amides is 2. The second-order valence-corrected chi connectivity index (χ2v) is 6.01. The largest absolute Gasteiger partial charge is 0.480 e. The highest BCUT2D eigenvalue weighted by Gasteiger charge is 2.13. The third-order valence-corrected chi connectivity index (χ3v) is 3.71. The van der Waals surface area contributed by atoms with Crippen molar-refractivity contribution in [2.24, 2.45) is 0 Å². The van der Waals surface area contributed by atoms with E-state index in [2.05, 4.69) is 40.0 Å². The molecule has 3 aromatic rings. The van der Waals surface area contributed by atoms with Gasteiger partial charge < -0.3 is 24.3 Å². The molecule has 0 aromatic carbocycles. The van der Waals surface area contributed by atoms with Crippen LogP contribution < -0.4 is 16.3 Å². The van der Waals surface area contributed by atoms with Gasteiger partial charge in [-0.05, 0) is 6.07 Å². The molecule has 0 spiro atoms. The molecule has 0 saturated carbocycles. The molecule has 17 heteroatoms. The van der Waals surface area contributed by atoms with Gasteiger partial charge in [-0.3, -0.25) is 24.8 Å². The molecule has 34 heavy (non-hydrogen) atoms. The van der Waals surface area contributed by atoms with E-state index in [1.54, 1.807) is 0 Å². The van der Waals surface area contributed by atoms with Gasteiger partial charge in [0.1, 0.15) is 25.2 Å². The normalized spacial score (nSPS) is 9.94. The van der Waals surface area contributed by atoms with E-state index >= 15 is 0 Å². The molecule has 0 atom stereocenters. The first kappa shape index (κ1) is 25.2. The van der Waals surface area contributed by atoms with E-state index in [0.717, 1.165) is 4.57 Å². The second-order valence-electron chi connectivity index (χ2n) is 6.01. The van der Waals surface area contributed by atoms with Crippen LogP contribution >= 0.6 is 0 Å². The Labute approximate surface area is 189 Å². The Bertz CT molecular complexity index is 1270. The van der Waals surface area contributed by atoms with E-state index in [1.165, 1.54) is 43.7 Å². The maximum Gasteiger partial charge on any atom is 0.412 e. The van der Waals surface area contributed by atoms with Crippen LogP contribution in [0.5, 0.6) is 0 Å². The molecule has 0 aliphatic heterocycles. The standard InChI is InChI=1S/C9H9N5O4.C8H9N3O5/c1-18-9(17)13-7-6-8(11-3-10-7)14(4-12-6)2-5(15)16;1-16-8(15)10-5-2-3-11(4-6(12)13)7(14)9-5/h3-4H,2H2,1H3,(H,15,16)(H,10,11,13,17);2-3H,4H2,1H3,(H,12,13)(H,9,10,14,15). The number of carbonyl (C=O) groups excluding carboxylic acids is 2. The molecule has 2 amide bonds. The first-order chi connectivity index (χ1) is 16.1. The quantitative estimate of drug-likeness (QED) is 0.353. The summed E-state index contributed by atoms with van der Waals surface area (Å²) in [4.78, 5) is 69.3. The van der Waals surface area contributed by atoms with Gasteiger partial charge in [0.05, 0.1) is 20.5 Å². The molecule has 0 bridgehead atoms. The van der Waals surface area contributed by atoms with Crippen molar-refractivity contribution in [2.75, 3.05) is 24.9 Å². The summed E-state index contributed by atoms with van der Waals surface area (Å²) in [5, 5.41) is 21.7. The molecule has 17 nitrogen and oxygen atoms in total. The average Bonchev–Trinajstić information content (AvgIpc) is 3.19. The van der Waals surface area contributed by atoms with Gasteiger partial charge in [-0.2, -0.15) is 4.98 Å². The highest BCUT2D eigenvalue weighted by atomic mass is 16.5. The lowest BCUT2D eigenvalue weighted by atomic mass is 10.5. The molecule has 0 unspecified atom stereocenters. The smallest absolute Gasteiger partial charge is 0.412 e. The zero-order valence-electron chi connectivity index (χ0n) is 17.7. The summed E-state index contributed by atoms with van der Waals surface area (Å²) in [7, 11) is 2.39. The molecule has 4 N–H and O–H groups in total. The van der Waals surface area contributed by atoms with Gasteiger partial charge in [0.15, 0.2) is 17.0 Å². The number of methoxy groups -OCH3 is 2. The lowest BCUT2D eigenvalue weighted by Gasteiger charge is -2.04. The van der Waals surface area contributed by atoms with E-state index in [0.29, 0.717) is 11.2 Å². The predicted octanol–water partition coefficient (Wildman–Crippen LogP) is -0.405. The van der Waals surface area contributed by atoms with Gasteiger partial charge in [0, 0.05) is 6.20 Å². The topological polar surface area (TPSA) is 230 Å². The lowest BCUT2D eigenvalue weighted by molar-refractivity contribution is -0.138. The van der Waals surface area contributed by atoms with E-state index in [-0.39, 0.29) is 18.2 Å². The van der Waals surface area contributed by atoms with E-state index in [9.17, 15) is 24.0 Å². The number of aromatic nitrogens is 6. The van der Waals surface area contributed by atoms with Crippen molar-refractivity contribution in [3.8, 4) is 0 Å². The number of carboxylic acids is 2. The fraction of sp³-hybridized carbons (Fsp3) is 0.235. The van der Waals surface area contributed by atoms with Crippen molar-refractivity contribution in [1.29, 1.82) is 0 Å². The number of hydrogen-bond acceptors (Lipinski definition) is 11. The number of rotatable bonds is 6. The van der Waals surface area contributed by atoms with Crippen LogP contribution in [0.3, 0.4) is 0 Å². The van der Waals surface area contributed by atoms with Crippen molar-refractivity contribution in [2.45, 2.75) is 13.1 Å². The minimum absolute atomic E-state index is 0.00140. The van der Waals surface area contributed by atoms with Crippen LogP contribution in [0, 0.1) is 0 Å². The van der Waals surface area contributed by atoms with Crippen LogP contribution in [0.25, 0.3) is 11.2 Å². The first-order valence-electron chi connectivity index (χ1n) is 9.01. The van der Waals surface area contributed by atoms with Crippen molar-refractivity contribution in [3.63, 3.8) is 0 Å². The molecular weight excluding hydrogens is 460 g/mol. The number of fused-ring (bicyclic) bond motifs is 1. The van der Waals surface area contributed by atoms with Gasteiger partial charge in [-0.15, -0.1) is 0 Å². The van der Waals surface area contributed by atoms with Gasteiger partial charge >= 0.3 is 29.8 Å². The van der Waals surface area contributed by atoms with Crippen molar-refractivity contribution < 1.29 is 38.9 Å². The van der Waals surface area contributed by atoms with Crippen molar-refractivity contribution in [3.05, 3.63) is 35.4 Å². The molecule has 3 rings (SSSR count). The Hall–Kier alpha value is -5.09. The number of anilines is 2. The van der Waals surface area contributed by atoms with Gasteiger partial charge in [0.25, 0.3) is 0 Å². The number of carbonyl (C=O) groups is 4. The Kier molecular flexibility index (Phi) is 8.52. The number of nitrogens with zero attached hydrogens (tertiary/aromatic N) is 6. The molecule has 3 heterocycles. The molecule has 0 fully saturated rings. The van der Waals surface area contributed by atoms with Crippen LogP contribution in [0.4, 0.5) is 21.2 Å². The van der Waals surface area contributed by atoms with E-state index < -0.39 is 36.4 Å². The maximum absolute atomic E-state index is 11.2. The number of hydrogen-bond donors (Lipinski definition) is 4. The minimum Gasteiger partial charge on any atom is -0.480 e. The third-order valence-electron chi connectivity index (χ3n) is 3.71.